The summed E-state index contributed by atoms with van der Waals surface area (Å²) in [7, 11) is 0. The fraction of sp³-hybridized carbons (Fsp3) is 0.533. The Morgan fingerprint density at radius 3 is 2.60 bits per heavy atom. The van der Waals surface area contributed by atoms with Crippen LogP contribution in [0.15, 0.2) is 18.2 Å². The molecule has 0 bridgehead atoms. The van der Waals surface area contributed by atoms with Crippen LogP contribution in [0.2, 0.25) is 0 Å². The van der Waals surface area contributed by atoms with Crippen LogP contribution in [-0.2, 0) is 6.54 Å². The van der Waals surface area contributed by atoms with Gasteiger partial charge in [0.15, 0.2) is 0 Å². The molecule has 0 radical (unpaired) electrons. The monoisotopic (exact) mass is 281 g/mol. The molecule has 1 heterocycles. The van der Waals surface area contributed by atoms with Crippen molar-refractivity contribution in [3.8, 4) is 0 Å². The van der Waals surface area contributed by atoms with Crippen LogP contribution in [0.1, 0.15) is 42.1 Å². The molecule has 2 rings (SSSR count). The number of hydrogen-bond donors (Lipinski definition) is 2. The highest BCUT2D eigenvalue weighted by atomic mass is 19.1. The highest BCUT2D eigenvalue weighted by molar-refractivity contribution is 5.89. The molecule has 0 aromatic heterocycles. The van der Waals surface area contributed by atoms with Gasteiger partial charge in [-0.15, -0.1) is 0 Å². The van der Waals surface area contributed by atoms with E-state index in [2.05, 4.69) is 4.90 Å². The van der Waals surface area contributed by atoms with E-state index in [0.717, 1.165) is 25.6 Å². The van der Waals surface area contributed by atoms with Gasteiger partial charge in [0.25, 0.3) is 0 Å². The maximum absolute atomic E-state index is 13.1. The SMILES string of the molecule is CCC1(O)CCN(Cc2ccc(F)cc2C(=O)O)CC1. The number of hydrogen-bond acceptors (Lipinski definition) is 3. The van der Waals surface area contributed by atoms with Crippen LogP contribution in [0.3, 0.4) is 0 Å². The predicted molar refractivity (Wildman–Crippen MR) is 73.1 cm³/mol. The number of carboxylic acid groups (broad SMARTS) is 1. The molecule has 1 aromatic rings. The number of carboxylic acids is 1. The lowest BCUT2D eigenvalue weighted by atomic mass is 9.89. The molecular weight excluding hydrogens is 261 g/mol. The van der Waals surface area contributed by atoms with Crippen molar-refractivity contribution < 1.29 is 19.4 Å². The zero-order valence-electron chi connectivity index (χ0n) is 11.6. The standard InChI is InChI=1S/C15H20FNO3/c1-2-15(20)5-7-17(8-6-15)10-11-3-4-12(16)9-13(11)14(18)19/h3-4,9,20H,2,5-8,10H2,1H3,(H,18,19). The molecule has 0 saturated carbocycles. The molecule has 2 N–H and O–H groups in total. The molecule has 0 amide bonds. The molecule has 1 saturated heterocycles. The van der Waals surface area contributed by atoms with Crippen molar-refractivity contribution in [1.82, 2.24) is 4.90 Å². The molecule has 1 aliphatic heterocycles. The summed E-state index contributed by atoms with van der Waals surface area (Å²) in [5.74, 6) is -1.65. The van der Waals surface area contributed by atoms with Crippen molar-refractivity contribution >= 4 is 5.97 Å². The molecular formula is C15H20FNO3. The molecule has 110 valence electrons. The van der Waals surface area contributed by atoms with Gasteiger partial charge in [0.05, 0.1) is 11.2 Å². The van der Waals surface area contributed by atoms with E-state index in [-0.39, 0.29) is 5.56 Å². The smallest absolute Gasteiger partial charge is 0.336 e. The molecule has 1 fully saturated rings. The summed E-state index contributed by atoms with van der Waals surface area (Å²) in [6.45, 7) is 3.89. The highest BCUT2D eigenvalue weighted by Gasteiger charge is 2.30. The van der Waals surface area contributed by atoms with Crippen LogP contribution in [0.5, 0.6) is 0 Å². The second-order valence-corrected chi connectivity index (χ2v) is 5.46. The van der Waals surface area contributed by atoms with E-state index in [9.17, 15) is 14.3 Å². The van der Waals surface area contributed by atoms with Gasteiger partial charge in [-0.05, 0) is 37.0 Å². The maximum atomic E-state index is 13.1. The number of halogens is 1. The lowest BCUT2D eigenvalue weighted by Crippen LogP contribution is -2.43. The van der Waals surface area contributed by atoms with Crippen molar-refractivity contribution in [2.24, 2.45) is 0 Å². The summed E-state index contributed by atoms with van der Waals surface area (Å²) in [6.07, 6.45) is 2.11. The van der Waals surface area contributed by atoms with Crippen LogP contribution in [0, 0.1) is 5.82 Å². The van der Waals surface area contributed by atoms with E-state index in [4.69, 9.17) is 5.11 Å². The van der Waals surface area contributed by atoms with E-state index >= 15 is 0 Å². The summed E-state index contributed by atoms with van der Waals surface area (Å²) >= 11 is 0. The van der Waals surface area contributed by atoms with Gasteiger partial charge >= 0.3 is 5.97 Å². The number of aromatic carboxylic acids is 1. The lowest BCUT2D eigenvalue weighted by molar-refractivity contribution is -0.0257. The fourth-order valence-corrected chi connectivity index (χ4v) is 2.61. The molecule has 1 aliphatic rings. The molecule has 0 unspecified atom stereocenters. The van der Waals surface area contributed by atoms with E-state index in [1.54, 1.807) is 0 Å². The number of carbonyl (C=O) groups is 1. The van der Waals surface area contributed by atoms with Crippen molar-refractivity contribution in [2.45, 2.75) is 38.3 Å². The predicted octanol–water partition coefficient (Wildman–Crippen LogP) is 2.26. The molecule has 1 aromatic carbocycles. The Balaban J connectivity index is 2.06. The second kappa shape index (κ2) is 5.89. The number of rotatable bonds is 4. The van der Waals surface area contributed by atoms with Gasteiger partial charge < -0.3 is 10.2 Å². The van der Waals surface area contributed by atoms with Gasteiger partial charge in [-0.25, -0.2) is 9.18 Å². The minimum absolute atomic E-state index is 0.0151. The topological polar surface area (TPSA) is 60.8 Å². The molecule has 5 heteroatoms. The van der Waals surface area contributed by atoms with E-state index in [1.165, 1.54) is 12.1 Å². The Labute approximate surface area is 117 Å². The van der Waals surface area contributed by atoms with Gasteiger partial charge in [0, 0.05) is 19.6 Å². The third-order valence-corrected chi connectivity index (χ3v) is 4.14. The Bertz CT molecular complexity index is 496. The number of likely N-dealkylation sites (tertiary alicyclic amines) is 1. The van der Waals surface area contributed by atoms with Crippen LogP contribution in [-0.4, -0.2) is 39.8 Å². The summed E-state index contributed by atoms with van der Waals surface area (Å²) in [4.78, 5) is 13.2. The number of piperidine rings is 1. The summed E-state index contributed by atoms with van der Waals surface area (Å²) in [5, 5.41) is 19.3. The fourth-order valence-electron chi connectivity index (χ4n) is 2.61. The van der Waals surface area contributed by atoms with Crippen molar-refractivity contribution in [3.05, 3.63) is 35.1 Å². The van der Waals surface area contributed by atoms with Crippen molar-refractivity contribution in [1.29, 1.82) is 0 Å². The molecule has 4 nitrogen and oxygen atoms in total. The molecule has 0 spiro atoms. The Hall–Kier alpha value is -1.46. The quantitative estimate of drug-likeness (QED) is 0.888. The van der Waals surface area contributed by atoms with Crippen LogP contribution >= 0.6 is 0 Å². The zero-order chi connectivity index (χ0) is 14.8. The largest absolute Gasteiger partial charge is 0.478 e. The zero-order valence-corrected chi connectivity index (χ0v) is 11.6. The van der Waals surface area contributed by atoms with Crippen molar-refractivity contribution in [2.75, 3.05) is 13.1 Å². The average molecular weight is 281 g/mol. The van der Waals surface area contributed by atoms with Crippen LogP contribution in [0.4, 0.5) is 4.39 Å². The second-order valence-electron chi connectivity index (χ2n) is 5.46. The number of aliphatic hydroxyl groups is 1. The third-order valence-electron chi connectivity index (χ3n) is 4.14. The van der Waals surface area contributed by atoms with Gasteiger partial charge in [0.2, 0.25) is 0 Å². The first kappa shape index (κ1) is 14.9. The molecule has 0 aliphatic carbocycles. The molecule has 0 atom stereocenters. The maximum Gasteiger partial charge on any atom is 0.336 e. The first-order valence-electron chi connectivity index (χ1n) is 6.90. The Morgan fingerprint density at radius 2 is 2.05 bits per heavy atom. The summed E-state index contributed by atoms with van der Waals surface area (Å²) in [5.41, 5.74) is 0.0386. The highest BCUT2D eigenvalue weighted by Crippen LogP contribution is 2.26. The van der Waals surface area contributed by atoms with Crippen molar-refractivity contribution in [3.63, 3.8) is 0 Å². The van der Waals surface area contributed by atoms with E-state index < -0.39 is 17.4 Å². The minimum Gasteiger partial charge on any atom is -0.478 e. The first-order chi connectivity index (χ1) is 9.43. The van der Waals surface area contributed by atoms with E-state index in [1.807, 2.05) is 6.92 Å². The Kier molecular flexibility index (Phi) is 4.40. The minimum atomic E-state index is -1.11. The molecule has 20 heavy (non-hydrogen) atoms. The van der Waals surface area contributed by atoms with Gasteiger partial charge in [-0.1, -0.05) is 13.0 Å². The normalized spacial score (nSPS) is 18.9. The van der Waals surface area contributed by atoms with E-state index in [0.29, 0.717) is 24.9 Å². The first-order valence-corrected chi connectivity index (χ1v) is 6.90. The van der Waals surface area contributed by atoms with Gasteiger partial charge in [0.1, 0.15) is 5.82 Å². The summed E-state index contributed by atoms with van der Waals surface area (Å²) < 4.78 is 13.1. The van der Waals surface area contributed by atoms with Gasteiger partial charge in [-0.3, -0.25) is 4.90 Å². The van der Waals surface area contributed by atoms with Gasteiger partial charge in [-0.2, -0.15) is 0 Å². The lowest BCUT2D eigenvalue weighted by Gasteiger charge is -2.37. The average Bonchev–Trinajstić information content (AvgIpc) is 2.43. The number of nitrogens with zero attached hydrogens (tertiary/aromatic N) is 1. The third kappa shape index (κ3) is 3.35. The summed E-state index contributed by atoms with van der Waals surface area (Å²) in [6, 6.07) is 3.87. The number of benzene rings is 1. The Morgan fingerprint density at radius 1 is 1.40 bits per heavy atom. The van der Waals surface area contributed by atoms with Crippen LogP contribution in [0.25, 0.3) is 0 Å². The van der Waals surface area contributed by atoms with Crippen LogP contribution < -0.4 is 0 Å².